The number of aromatic nitrogens is 1. The summed E-state index contributed by atoms with van der Waals surface area (Å²) in [5, 5.41) is 6.41. The van der Waals surface area contributed by atoms with Crippen molar-refractivity contribution in [2.45, 2.75) is 52.5 Å². The smallest absolute Gasteiger partial charge is 0.253 e. The maximum atomic E-state index is 12.5. The molecule has 1 aliphatic rings. The van der Waals surface area contributed by atoms with Gasteiger partial charge in [0.2, 0.25) is 0 Å². The lowest BCUT2D eigenvalue weighted by atomic mass is 9.73. The highest BCUT2D eigenvalue weighted by atomic mass is 16.1. The number of carbonyl (C=O) groups is 1. The Morgan fingerprint density at radius 1 is 1.45 bits per heavy atom. The topological polar surface area (TPSA) is 54.0 Å². The summed E-state index contributed by atoms with van der Waals surface area (Å²) >= 11 is 0. The average molecular weight is 275 g/mol. The van der Waals surface area contributed by atoms with Crippen molar-refractivity contribution in [3.8, 4) is 0 Å². The van der Waals surface area contributed by atoms with Gasteiger partial charge in [0.1, 0.15) is 0 Å². The highest BCUT2D eigenvalue weighted by Gasteiger charge is 2.33. The lowest BCUT2D eigenvalue weighted by Gasteiger charge is -2.39. The second kappa shape index (κ2) is 6.25. The van der Waals surface area contributed by atoms with E-state index >= 15 is 0 Å². The fourth-order valence-corrected chi connectivity index (χ4v) is 2.92. The molecule has 1 amide bonds. The molecular weight excluding hydrogens is 250 g/mol. The summed E-state index contributed by atoms with van der Waals surface area (Å²) in [6, 6.07) is 2.04. The van der Waals surface area contributed by atoms with Crippen molar-refractivity contribution >= 4 is 11.6 Å². The van der Waals surface area contributed by atoms with Crippen LogP contribution in [-0.4, -0.2) is 23.5 Å². The van der Waals surface area contributed by atoms with Crippen LogP contribution in [0.4, 0.5) is 5.69 Å². The molecule has 0 saturated heterocycles. The Labute approximate surface area is 121 Å². The predicted molar refractivity (Wildman–Crippen MR) is 81.9 cm³/mol. The van der Waals surface area contributed by atoms with Gasteiger partial charge < -0.3 is 10.6 Å². The molecule has 1 atom stereocenters. The van der Waals surface area contributed by atoms with Crippen LogP contribution in [0.2, 0.25) is 0 Å². The Balaban J connectivity index is 2.12. The largest absolute Gasteiger partial charge is 0.383 e. The van der Waals surface area contributed by atoms with Gasteiger partial charge in [-0.15, -0.1) is 0 Å². The van der Waals surface area contributed by atoms with E-state index in [1.54, 1.807) is 18.5 Å². The number of rotatable bonds is 4. The van der Waals surface area contributed by atoms with E-state index in [1.165, 1.54) is 19.3 Å². The van der Waals surface area contributed by atoms with Crippen LogP contribution in [0.1, 0.15) is 56.8 Å². The van der Waals surface area contributed by atoms with Gasteiger partial charge in [-0.1, -0.05) is 26.7 Å². The molecule has 1 unspecified atom stereocenters. The molecule has 1 aromatic rings. The van der Waals surface area contributed by atoms with Crippen molar-refractivity contribution in [2.24, 2.45) is 5.41 Å². The summed E-state index contributed by atoms with van der Waals surface area (Å²) < 4.78 is 0. The third kappa shape index (κ3) is 3.30. The highest BCUT2D eigenvalue weighted by molar-refractivity contribution is 5.99. The van der Waals surface area contributed by atoms with Crippen LogP contribution in [0.25, 0.3) is 0 Å². The van der Waals surface area contributed by atoms with Crippen LogP contribution in [0, 0.1) is 5.41 Å². The van der Waals surface area contributed by atoms with E-state index in [9.17, 15) is 4.79 Å². The third-order valence-electron chi connectivity index (χ3n) is 4.25. The molecule has 20 heavy (non-hydrogen) atoms. The number of amides is 1. The van der Waals surface area contributed by atoms with Gasteiger partial charge in [-0.25, -0.2) is 0 Å². The van der Waals surface area contributed by atoms with Crippen molar-refractivity contribution in [3.63, 3.8) is 0 Å². The Morgan fingerprint density at radius 2 is 2.25 bits per heavy atom. The fraction of sp³-hybridized carbons (Fsp3) is 0.625. The minimum Gasteiger partial charge on any atom is -0.383 e. The van der Waals surface area contributed by atoms with Gasteiger partial charge in [0.05, 0.1) is 17.4 Å². The molecule has 1 saturated carbocycles. The van der Waals surface area contributed by atoms with Crippen molar-refractivity contribution < 1.29 is 4.79 Å². The summed E-state index contributed by atoms with van der Waals surface area (Å²) in [5.74, 6) is 0.00308. The minimum atomic E-state index is 0.00308. The van der Waals surface area contributed by atoms with Gasteiger partial charge >= 0.3 is 0 Å². The monoisotopic (exact) mass is 275 g/mol. The first-order chi connectivity index (χ1) is 9.54. The lowest BCUT2D eigenvalue weighted by Crippen LogP contribution is -2.46. The third-order valence-corrected chi connectivity index (χ3v) is 4.25. The minimum absolute atomic E-state index is 0.00308. The lowest BCUT2D eigenvalue weighted by molar-refractivity contribution is 0.0854. The van der Waals surface area contributed by atoms with Crippen molar-refractivity contribution in [1.82, 2.24) is 10.3 Å². The molecule has 2 N–H and O–H groups in total. The Bertz CT molecular complexity index is 471. The number of nitrogens with one attached hydrogen (secondary N) is 2. The molecule has 4 nitrogen and oxygen atoms in total. The average Bonchev–Trinajstić information content (AvgIpc) is 2.42. The second-order valence-corrected chi connectivity index (χ2v) is 6.21. The highest BCUT2D eigenvalue weighted by Crippen LogP contribution is 2.35. The summed E-state index contributed by atoms with van der Waals surface area (Å²) in [4.78, 5) is 16.6. The zero-order valence-electron chi connectivity index (χ0n) is 12.7. The van der Waals surface area contributed by atoms with Crippen molar-refractivity contribution in [2.75, 3.05) is 11.9 Å². The molecule has 110 valence electrons. The van der Waals surface area contributed by atoms with Gasteiger partial charge in [-0.2, -0.15) is 0 Å². The molecule has 1 fully saturated rings. The molecule has 2 rings (SSSR count). The first kappa shape index (κ1) is 14.8. The quantitative estimate of drug-likeness (QED) is 0.887. The maximum absolute atomic E-state index is 12.5. The van der Waals surface area contributed by atoms with Crippen LogP contribution < -0.4 is 10.6 Å². The predicted octanol–water partition coefficient (Wildman–Crippen LogP) is 3.21. The molecule has 1 aliphatic carbocycles. The number of nitrogens with zero attached hydrogens (tertiary/aromatic N) is 1. The Hall–Kier alpha value is -1.58. The van der Waals surface area contributed by atoms with Gasteiger partial charge in [-0.05, 0) is 31.2 Å². The van der Waals surface area contributed by atoms with Gasteiger partial charge in [0, 0.05) is 18.8 Å². The Kier molecular flexibility index (Phi) is 4.63. The van der Waals surface area contributed by atoms with Gasteiger partial charge in [0.25, 0.3) is 5.91 Å². The first-order valence-electron chi connectivity index (χ1n) is 7.53. The molecule has 0 bridgehead atoms. The molecule has 1 aromatic heterocycles. The van der Waals surface area contributed by atoms with Gasteiger partial charge in [0.15, 0.2) is 0 Å². The zero-order valence-corrected chi connectivity index (χ0v) is 12.7. The summed E-state index contributed by atoms with van der Waals surface area (Å²) in [7, 11) is 0. The molecule has 0 aliphatic heterocycles. The number of anilines is 1. The van der Waals surface area contributed by atoms with E-state index in [0.29, 0.717) is 5.56 Å². The molecule has 4 heteroatoms. The number of hydrogen-bond acceptors (Lipinski definition) is 3. The van der Waals surface area contributed by atoms with Crippen molar-refractivity contribution in [1.29, 1.82) is 0 Å². The standard InChI is InChI=1S/C16H25N3O/c1-4-18-13-11-17-10-8-12(13)15(20)19-14-7-5-6-9-16(14,2)3/h8,10-11,14,18H,4-7,9H2,1-3H3,(H,19,20). The summed E-state index contributed by atoms with van der Waals surface area (Å²) in [6.07, 6.45) is 8.09. The maximum Gasteiger partial charge on any atom is 0.253 e. The molecule has 1 heterocycles. The summed E-state index contributed by atoms with van der Waals surface area (Å²) in [6.45, 7) is 7.28. The SMILES string of the molecule is CCNc1cnccc1C(=O)NC1CCCCC1(C)C. The first-order valence-corrected chi connectivity index (χ1v) is 7.53. The van der Waals surface area contributed by atoms with Gasteiger partial charge in [-0.3, -0.25) is 9.78 Å². The second-order valence-electron chi connectivity index (χ2n) is 6.21. The normalized spacial score (nSPS) is 21.2. The molecule has 0 radical (unpaired) electrons. The fourth-order valence-electron chi connectivity index (χ4n) is 2.92. The molecule has 0 aromatic carbocycles. The van der Waals surface area contributed by atoms with E-state index in [2.05, 4.69) is 29.5 Å². The number of pyridine rings is 1. The number of hydrogen-bond donors (Lipinski definition) is 2. The van der Waals surface area contributed by atoms with Crippen molar-refractivity contribution in [3.05, 3.63) is 24.0 Å². The van der Waals surface area contributed by atoms with Crippen LogP contribution in [0.15, 0.2) is 18.5 Å². The zero-order chi connectivity index (χ0) is 14.6. The van der Waals surface area contributed by atoms with Crippen LogP contribution in [0.5, 0.6) is 0 Å². The molecule has 0 spiro atoms. The van der Waals surface area contributed by atoms with Crippen LogP contribution in [-0.2, 0) is 0 Å². The molecular formula is C16H25N3O. The van der Waals surface area contributed by atoms with E-state index in [1.807, 2.05) is 6.92 Å². The van der Waals surface area contributed by atoms with Crippen LogP contribution in [0.3, 0.4) is 0 Å². The Morgan fingerprint density at radius 3 is 2.95 bits per heavy atom. The van der Waals surface area contributed by atoms with Crippen LogP contribution >= 0.6 is 0 Å². The summed E-state index contributed by atoms with van der Waals surface area (Å²) in [5.41, 5.74) is 1.67. The van der Waals surface area contributed by atoms with E-state index in [4.69, 9.17) is 0 Å². The number of carbonyl (C=O) groups excluding carboxylic acids is 1. The van der Waals surface area contributed by atoms with E-state index in [-0.39, 0.29) is 17.4 Å². The van der Waals surface area contributed by atoms with E-state index in [0.717, 1.165) is 18.7 Å². The van der Waals surface area contributed by atoms with E-state index < -0.39 is 0 Å².